The summed E-state index contributed by atoms with van der Waals surface area (Å²) >= 11 is 3.28. The van der Waals surface area contributed by atoms with Crippen LogP contribution >= 0.6 is 23.1 Å². The molecule has 1 heterocycles. The van der Waals surface area contributed by atoms with E-state index in [1.54, 1.807) is 42.1 Å². The number of thioether (sulfide) groups is 1. The number of rotatable bonds is 5. The summed E-state index contributed by atoms with van der Waals surface area (Å²) in [5.41, 5.74) is 3.40. The molecule has 0 aliphatic rings. The Hall–Kier alpha value is -1.33. The van der Waals surface area contributed by atoms with Crippen LogP contribution in [0, 0.1) is 6.92 Å². The Balaban J connectivity index is 1.92. The van der Waals surface area contributed by atoms with Crippen LogP contribution in [-0.2, 0) is 4.79 Å². The molecule has 0 N–H and O–H groups in total. The lowest BCUT2D eigenvalue weighted by atomic mass is 10.1. The van der Waals surface area contributed by atoms with Gasteiger partial charge in [0.25, 0.3) is 0 Å². The lowest BCUT2D eigenvalue weighted by Gasteiger charge is -2.08. The summed E-state index contributed by atoms with van der Waals surface area (Å²) in [7, 11) is 3.57. The maximum Gasteiger partial charge on any atom is 0.222 e. The molecule has 2 rings (SSSR count). The second-order valence-corrected chi connectivity index (χ2v) is 6.95. The summed E-state index contributed by atoms with van der Waals surface area (Å²) in [5, 5.41) is 2.07. The van der Waals surface area contributed by atoms with Crippen molar-refractivity contribution in [1.82, 2.24) is 9.88 Å². The van der Waals surface area contributed by atoms with Crippen LogP contribution in [0.25, 0.3) is 11.3 Å². The third-order valence-corrected chi connectivity index (χ3v) is 4.89. The number of amides is 1. The molecule has 0 bridgehead atoms. The van der Waals surface area contributed by atoms with E-state index in [0.717, 1.165) is 21.3 Å². The SMILES string of the molecule is Cc1ccc(-c2csc(SCCC(=O)N(C)C)n2)cc1. The van der Waals surface area contributed by atoms with Crippen molar-refractivity contribution in [3.05, 3.63) is 35.2 Å². The van der Waals surface area contributed by atoms with Crippen LogP contribution in [0.3, 0.4) is 0 Å². The number of hydrogen-bond acceptors (Lipinski definition) is 4. The van der Waals surface area contributed by atoms with E-state index >= 15 is 0 Å². The standard InChI is InChI=1S/C15H18N2OS2/c1-11-4-6-12(7-5-11)13-10-20-15(16-13)19-9-8-14(18)17(2)3/h4-7,10H,8-9H2,1-3H3. The van der Waals surface area contributed by atoms with Gasteiger partial charge in [-0.15, -0.1) is 11.3 Å². The fraction of sp³-hybridized carbons (Fsp3) is 0.333. The average Bonchev–Trinajstić information content (AvgIpc) is 2.88. The topological polar surface area (TPSA) is 33.2 Å². The highest BCUT2D eigenvalue weighted by Gasteiger charge is 2.07. The maximum absolute atomic E-state index is 11.5. The Kier molecular flexibility index (Phi) is 5.20. The molecule has 0 radical (unpaired) electrons. The molecule has 0 unspecified atom stereocenters. The van der Waals surface area contributed by atoms with Crippen molar-refractivity contribution in [2.45, 2.75) is 17.7 Å². The second kappa shape index (κ2) is 6.90. The van der Waals surface area contributed by atoms with Crippen LogP contribution in [0.15, 0.2) is 34.0 Å². The third kappa shape index (κ3) is 4.08. The maximum atomic E-state index is 11.5. The quantitative estimate of drug-likeness (QED) is 0.790. The molecular weight excluding hydrogens is 288 g/mol. The normalized spacial score (nSPS) is 10.6. The van der Waals surface area contributed by atoms with Gasteiger partial charge < -0.3 is 4.90 Å². The monoisotopic (exact) mass is 306 g/mol. The number of carbonyl (C=O) groups is 1. The highest BCUT2D eigenvalue weighted by atomic mass is 32.2. The number of nitrogens with zero attached hydrogens (tertiary/aromatic N) is 2. The zero-order valence-corrected chi connectivity index (χ0v) is 13.6. The van der Waals surface area contributed by atoms with Gasteiger partial charge in [0.1, 0.15) is 0 Å². The van der Waals surface area contributed by atoms with E-state index in [1.807, 2.05) is 0 Å². The summed E-state index contributed by atoms with van der Waals surface area (Å²) in [6.07, 6.45) is 0.553. The Morgan fingerprint density at radius 1 is 1.30 bits per heavy atom. The van der Waals surface area contributed by atoms with Crippen molar-refractivity contribution in [3.63, 3.8) is 0 Å². The van der Waals surface area contributed by atoms with Crippen LogP contribution in [0.5, 0.6) is 0 Å². The van der Waals surface area contributed by atoms with Gasteiger partial charge in [0.05, 0.1) is 5.69 Å². The molecule has 1 amide bonds. The first kappa shape index (κ1) is 15.1. The average molecular weight is 306 g/mol. The molecule has 5 heteroatoms. The predicted octanol–water partition coefficient (Wildman–Crippen LogP) is 3.69. The molecule has 106 valence electrons. The van der Waals surface area contributed by atoms with Gasteiger partial charge in [-0.05, 0) is 6.92 Å². The molecule has 0 fully saturated rings. The van der Waals surface area contributed by atoms with Crippen LogP contribution in [0.1, 0.15) is 12.0 Å². The van der Waals surface area contributed by atoms with Crippen molar-refractivity contribution in [3.8, 4) is 11.3 Å². The van der Waals surface area contributed by atoms with Gasteiger partial charge >= 0.3 is 0 Å². The van der Waals surface area contributed by atoms with Crippen molar-refractivity contribution >= 4 is 29.0 Å². The van der Waals surface area contributed by atoms with Crippen LogP contribution < -0.4 is 0 Å². The van der Waals surface area contributed by atoms with Crippen LogP contribution in [0.4, 0.5) is 0 Å². The van der Waals surface area contributed by atoms with E-state index in [9.17, 15) is 4.79 Å². The second-order valence-electron chi connectivity index (χ2n) is 4.75. The summed E-state index contributed by atoms with van der Waals surface area (Å²) in [6.45, 7) is 2.08. The molecule has 20 heavy (non-hydrogen) atoms. The van der Waals surface area contributed by atoms with Crippen molar-refractivity contribution in [1.29, 1.82) is 0 Å². The number of carbonyl (C=O) groups excluding carboxylic acids is 1. The molecular formula is C15H18N2OS2. The van der Waals surface area contributed by atoms with Gasteiger partial charge in [0, 0.05) is 37.2 Å². The van der Waals surface area contributed by atoms with Gasteiger partial charge in [-0.25, -0.2) is 4.98 Å². The molecule has 1 aromatic carbocycles. The minimum absolute atomic E-state index is 0.160. The Labute approximate surface area is 128 Å². The zero-order valence-electron chi connectivity index (χ0n) is 11.9. The van der Waals surface area contributed by atoms with E-state index in [1.165, 1.54) is 5.56 Å². The van der Waals surface area contributed by atoms with Gasteiger partial charge in [-0.3, -0.25) is 4.79 Å². The Bertz CT molecular complexity index is 576. The summed E-state index contributed by atoms with van der Waals surface area (Å²) in [5.74, 6) is 0.936. The summed E-state index contributed by atoms with van der Waals surface area (Å²) in [6, 6.07) is 8.37. The molecule has 1 aromatic heterocycles. The van der Waals surface area contributed by atoms with E-state index in [4.69, 9.17) is 0 Å². The predicted molar refractivity (Wildman–Crippen MR) is 86.3 cm³/mol. The number of benzene rings is 1. The van der Waals surface area contributed by atoms with Crippen LogP contribution in [-0.4, -0.2) is 35.6 Å². The fourth-order valence-corrected chi connectivity index (χ4v) is 3.46. The fourth-order valence-electron chi connectivity index (χ4n) is 1.63. The van der Waals surface area contributed by atoms with E-state index in [-0.39, 0.29) is 5.91 Å². The summed E-state index contributed by atoms with van der Waals surface area (Å²) in [4.78, 5) is 17.7. The zero-order chi connectivity index (χ0) is 14.5. The molecule has 0 spiro atoms. The first-order valence-electron chi connectivity index (χ1n) is 6.42. The highest BCUT2D eigenvalue weighted by Crippen LogP contribution is 2.28. The molecule has 0 atom stereocenters. The third-order valence-electron chi connectivity index (χ3n) is 2.87. The number of thiazole rings is 1. The molecule has 2 aromatic rings. The summed E-state index contributed by atoms with van der Waals surface area (Å²) < 4.78 is 1.02. The van der Waals surface area contributed by atoms with Gasteiger partial charge in [0.2, 0.25) is 5.91 Å². The molecule has 0 aliphatic heterocycles. The van der Waals surface area contributed by atoms with Crippen LogP contribution in [0.2, 0.25) is 0 Å². The molecule has 0 aliphatic carbocycles. The van der Waals surface area contributed by atoms with Crippen molar-refractivity contribution in [2.24, 2.45) is 0 Å². The Morgan fingerprint density at radius 2 is 2.00 bits per heavy atom. The van der Waals surface area contributed by atoms with E-state index in [0.29, 0.717) is 6.42 Å². The lowest BCUT2D eigenvalue weighted by Crippen LogP contribution is -2.21. The molecule has 0 saturated carbocycles. The van der Waals surface area contributed by atoms with Crippen molar-refractivity contribution in [2.75, 3.05) is 19.8 Å². The highest BCUT2D eigenvalue weighted by molar-refractivity contribution is 8.01. The first-order chi connectivity index (χ1) is 9.56. The largest absolute Gasteiger partial charge is 0.349 e. The van der Waals surface area contributed by atoms with E-state index in [2.05, 4.69) is 41.6 Å². The lowest BCUT2D eigenvalue weighted by molar-refractivity contribution is -0.128. The number of hydrogen-bond donors (Lipinski definition) is 0. The van der Waals surface area contributed by atoms with Gasteiger partial charge in [-0.1, -0.05) is 41.6 Å². The van der Waals surface area contributed by atoms with Gasteiger partial charge in [-0.2, -0.15) is 0 Å². The smallest absolute Gasteiger partial charge is 0.222 e. The Morgan fingerprint density at radius 3 is 2.65 bits per heavy atom. The molecule has 3 nitrogen and oxygen atoms in total. The van der Waals surface area contributed by atoms with E-state index < -0.39 is 0 Å². The minimum Gasteiger partial charge on any atom is -0.349 e. The van der Waals surface area contributed by atoms with Crippen molar-refractivity contribution < 1.29 is 4.79 Å². The first-order valence-corrected chi connectivity index (χ1v) is 8.28. The van der Waals surface area contributed by atoms with Gasteiger partial charge in [0.15, 0.2) is 4.34 Å². The molecule has 0 saturated heterocycles. The minimum atomic E-state index is 0.160. The number of aryl methyl sites for hydroxylation is 1. The number of aromatic nitrogens is 1.